The molecular weight excluding hydrogens is 478 g/mol. The van der Waals surface area contributed by atoms with Crippen molar-refractivity contribution in [2.24, 2.45) is 11.8 Å². The summed E-state index contributed by atoms with van der Waals surface area (Å²) < 4.78 is 5.22. The second-order valence-corrected chi connectivity index (χ2v) is 12.3. The predicted molar refractivity (Wildman–Crippen MR) is 148 cm³/mol. The molecule has 0 aromatic heterocycles. The third-order valence-electron chi connectivity index (χ3n) is 6.79. The van der Waals surface area contributed by atoms with Crippen molar-refractivity contribution in [1.82, 2.24) is 15.5 Å². The third-order valence-corrected chi connectivity index (χ3v) is 9.15. The minimum absolute atomic E-state index is 0.0302. The first-order valence-electron chi connectivity index (χ1n) is 13.0. The van der Waals surface area contributed by atoms with Crippen molar-refractivity contribution < 1.29 is 14.3 Å². The number of benzene rings is 1. The minimum Gasteiger partial charge on any atom is -0.497 e. The lowest BCUT2D eigenvalue weighted by atomic mass is 9.91. The van der Waals surface area contributed by atoms with Crippen LogP contribution in [0.3, 0.4) is 0 Å². The zero-order valence-electron chi connectivity index (χ0n) is 21.6. The van der Waals surface area contributed by atoms with Crippen LogP contribution in [0.4, 0.5) is 0 Å². The molecule has 1 aliphatic heterocycles. The number of methoxy groups -OCH3 is 1. The van der Waals surface area contributed by atoms with Gasteiger partial charge in [0.05, 0.1) is 25.1 Å². The first kappa shape index (κ1) is 28.2. The second kappa shape index (κ2) is 15.0. The molecule has 35 heavy (non-hydrogen) atoms. The summed E-state index contributed by atoms with van der Waals surface area (Å²) in [6, 6.07) is 7.66. The van der Waals surface area contributed by atoms with Gasteiger partial charge in [-0.2, -0.15) is 11.8 Å². The van der Waals surface area contributed by atoms with Gasteiger partial charge in [-0.3, -0.25) is 9.59 Å². The van der Waals surface area contributed by atoms with Crippen molar-refractivity contribution in [1.29, 1.82) is 0 Å². The van der Waals surface area contributed by atoms with Crippen LogP contribution >= 0.6 is 23.5 Å². The summed E-state index contributed by atoms with van der Waals surface area (Å²) in [4.78, 5) is 27.9. The molecule has 0 unspecified atom stereocenters. The molecule has 3 rings (SSSR count). The van der Waals surface area contributed by atoms with Crippen molar-refractivity contribution in [3.63, 3.8) is 0 Å². The van der Waals surface area contributed by atoms with Gasteiger partial charge >= 0.3 is 0 Å². The van der Waals surface area contributed by atoms with E-state index in [1.54, 1.807) is 18.9 Å². The number of hydrogen-bond acceptors (Lipinski definition) is 6. The summed E-state index contributed by atoms with van der Waals surface area (Å²) >= 11 is 3.70. The highest BCUT2D eigenvalue weighted by atomic mass is 32.2. The van der Waals surface area contributed by atoms with Crippen LogP contribution in [0.25, 0.3) is 0 Å². The van der Waals surface area contributed by atoms with Crippen molar-refractivity contribution >= 4 is 35.3 Å². The maximum absolute atomic E-state index is 13.2. The van der Waals surface area contributed by atoms with Gasteiger partial charge in [0.15, 0.2) is 0 Å². The molecule has 8 heteroatoms. The van der Waals surface area contributed by atoms with E-state index in [0.29, 0.717) is 25.4 Å². The molecule has 1 aliphatic carbocycles. The molecule has 196 valence electrons. The molecule has 1 aromatic rings. The number of nitrogens with one attached hydrogen (secondary N) is 2. The molecule has 1 saturated heterocycles. The molecule has 2 atom stereocenters. The van der Waals surface area contributed by atoms with Crippen molar-refractivity contribution in [2.45, 2.75) is 71.0 Å². The fourth-order valence-electron chi connectivity index (χ4n) is 4.66. The summed E-state index contributed by atoms with van der Waals surface area (Å²) in [5.41, 5.74) is 1.05. The van der Waals surface area contributed by atoms with Gasteiger partial charge in [-0.1, -0.05) is 45.2 Å². The molecule has 1 saturated carbocycles. The van der Waals surface area contributed by atoms with E-state index in [2.05, 4.69) is 24.5 Å². The average molecular weight is 522 g/mol. The predicted octanol–water partition coefficient (Wildman–Crippen LogP) is 4.53. The Morgan fingerprint density at radius 3 is 2.60 bits per heavy atom. The Kier molecular flexibility index (Phi) is 12.1. The van der Waals surface area contributed by atoms with Gasteiger partial charge in [-0.15, -0.1) is 11.8 Å². The molecule has 0 bridgehead atoms. The minimum atomic E-state index is -0.269. The Hall–Kier alpha value is -1.38. The number of ether oxygens (including phenoxy) is 1. The van der Waals surface area contributed by atoms with E-state index in [4.69, 9.17) is 4.74 Å². The molecule has 0 radical (unpaired) electrons. The molecule has 1 heterocycles. The largest absolute Gasteiger partial charge is 0.497 e. The number of thioether (sulfide) groups is 2. The second-order valence-electron chi connectivity index (χ2n) is 10.2. The van der Waals surface area contributed by atoms with Gasteiger partial charge in [-0.05, 0) is 48.1 Å². The fourth-order valence-corrected chi connectivity index (χ4v) is 7.20. The SMILES string of the molecule is COc1ccc(CNC(=O)[C@H](CSCC2CCCCC2)NC[C@@H]2CSCN2C(=O)CC(C)C)cc1. The number of rotatable bonds is 13. The van der Waals surface area contributed by atoms with Crippen molar-refractivity contribution in [3.8, 4) is 5.75 Å². The normalized spacial score (nSPS) is 19.7. The van der Waals surface area contributed by atoms with Gasteiger partial charge in [0.25, 0.3) is 0 Å². The summed E-state index contributed by atoms with van der Waals surface area (Å²) in [7, 11) is 1.65. The monoisotopic (exact) mass is 521 g/mol. The molecule has 0 spiro atoms. The van der Waals surface area contributed by atoms with Crippen LogP contribution in [0.15, 0.2) is 24.3 Å². The van der Waals surface area contributed by atoms with E-state index >= 15 is 0 Å². The highest BCUT2D eigenvalue weighted by Crippen LogP contribution is 2.27. The van der Waals surface area contributed by atoms with Crippen LogP contribution in [0, 0.1) is 11.8 Å². The van der Waals surface area contributed by atoms with Crippen molar-refractivity contribution in [2.75, 3.05) is 36.8 Å². The lowest BCUT2D eigenvalue weighted by Crippen LogP contribution is -2.51. The molecular formula is C27H43N3O3S2. The third kappa shape index (κ3) is 9.54. The Morgan fingerprint density at radius 2 is 1.91 bits per heavy atom. The Balaban J connectivity index is 1.54. The van der Waals surface area contributed by atoms with E-state index in [1.165, 1.54) is 32.1 Å². The highest BCUT2D eigenvalue weighted by Gasteiger charge is 2.30. The van der Waals surface area contributed by atoms with Crippen molar-refractivity contribution in [3.05, 3.63) is 29.8 Å². The van der Waals surface area contributed by atoms with Gasteiger partial charge in [-0.25, -0.2) is 0 Å². The topological polar surface area (TPSA) is 70.7 Å². The molecule has 1 aromatic carbocycles. The summed E-state index contributed by atoms with van der Waals surface area (Å²) in [5.74, 6) is 5.76. The maximum atomic E-state index is 13.2. The van der Waals surface area contributed by atoms with E-state index in [-0.39, 0.29) is 23.9 Å². The molecule has 2 fully saturated rings. The van der Waals surface area contributed by atoms with Crippen LogP contribution < -0.4 is 15.4 Å². The van der Waals surface area contributed by atoms with Crippen LogP contribution in [-0.2, 0) is 16.1 Å². The first-order valence-corrected chi connectivity index (χ1v) is 15.4. The Morgan fingerprint density at radius 1 is 1.17 bits per heavy atom. The van der Waals surface area contributed by atoms with E-state index in [9.17, 15) is 9.59 Å². The number of nitrogens with zero attached hydrogens (tertiary/aromatic N) is 1. The van der Waals surface area contributed by atoms with Gasteiger partial charge in [0.1, 0.15) is 5.75 Å². The van der Waals surface area contributed by atoms with E-state index in [1.807, 2.05) is 40.9 Å². The Bertz CT molecular complexity index is 784. The summed E-state index contributed by atoms with van der Waals surface area (Å²) in [6.07, 6.45) is 7.27. The smallest absolute Gasteiger partial charge is 0.238 e. The lowest BCUT2D eigenvalue weighted by Gasteiger charge is -2.27. The quantitative estimate of drug-likeness (QED) is 0.397. The number of carbonyl (C=O) groups excluding carboxylic acids is 2. The molecule has 2 amide bonds. The Labute approximate surface area is 220 Å². The number of hydrogen-bond donors (Lipinski definition) is 2. The summed E-state index contributed by atoms with van der Waals surface area (Å²) in [6.45, 7) is 5.32. The van der Waals surface area contributed by atoms with Crippen LogP contribution in [0.2, 0.25) is 0 Å². The molecule has 2 N–H and O–H groups in total. The maximum Gasteiger partial charge on any atom is 0.238 e. The summed E-state index contributed by atoms with van der Waals surface area (Å²) in [5, 5.41) is 6.65. The van der Waals surface area contributed by atoms with E-state index < -0.39 is 0 Å². The van der Waals surface area contributed by atoms with Gasteiger partial charge in [0.2, 0.25) is 11.8 Å². The number of amides is 2. The number of carbonyl (C=O) groups is 2. The zero-order valence-corrected chi connectivity index (χ0v) is 23.2. The van der Waals surface area contributed by atoms with Gasteiger partial charge in [0, 0.05) is 31.0 Å². The van der Waals surface area contributed by atoms with Crippen LogP contribution in [0.1, 0.15) is 57.9 Å². The zero-order chi connectivity index (χ0) is 25.0. The lowest BCUT2D eigenvalue weighted by molar-refractivity contribution is -0.132. The van der Waals surface area contributed by atoms with Crippen LogP contribution in [0.5, 0.6) is 5.75 Å². The van der Waals surface area contributed by atoms with Gasteiger partial charge < -0.3 is 20.3 Å². The molecule has 6 nitrogen and oxygen atoms in total. The van der Waals surface area contributed by atoms with E-state index in [0.717, 1.165) is 40.4 Å². The first-order chi connectivity index (χ1) is 17.0. The molecule has 2 aliphatic rings. The average Bonchev–Trinajstić information content (AvgIpc) is 3.34. The fraction of sp³-hybridized carbons (Fsp3) is 0.704. The van der Waals surface area contributed by atoms with Crippen LogP contribution in [-0.4, -0.2) is 65.6 Å². The highest BCUT2D eigenvalue weighted by molar-refractivity contribution is 7.99. The standard InChI is InChI=1S/C27H43N3O3S2/c1-20(2)13-26(31)30-19-35-17-23(30)15-28-25(18-34-16-22-7-5-4-6-8-22)27(32)29-14-21-9-11-24(33-3)12-10-21/h9-12,20,22-23,25,28H,4-8,13-19H2,1-3H3,(H,29,32)/t23-,25+/m1/s1.